The lowest BCUT2D eigenvalue weighted by Gasteiger charge is -2.32. The van der Waals surface area contributed by atoms with Gasteiger partial charge in [-0.05, 0) is 25.0 Å². The Labute approximate surface area is 132 Å². The van der Waals surface area contributed by atoms with Crippen molar-refractivity contribution in [2.24, 2.45) is 0 Å². The normalized spacial score (nSPS) is 15.2. The second kappa shape index (κ2) is 6.36. The SMILES string of the molecule is N#Cc1ccc(N2CCC(c3cc(NC(=O)O)[nH]n3)CC2)nc1. The van der Waals surface area contributed by atoms with Gasteiger partial charge in [-0.2, -0.15) is 10.4 Å². The maximum Gasteiger partial charge on any atom is 0.410 e. The van der Waals surface area contributed by atoms with E-state index < -0.39 is 6.09 Å². The van der Waals surface area contributed by atoms with Gasteiger partial charge in [0.05, 0.1) is 11.3 Å². The first-order chi connectivity index (χ1) is 11.2. The highest BCUT2D eigenvalue weighted by Gasteiger charge is 2.23. The van der Waals surface area contributed by atoms with Crippen molar-refractivity contribution >= 4 is 17.7 Å². The molecular weight excluding hydrogens is 296 g/mol. The first kappa shape index (κ1) is 14.8. The van der Waals surface area contributed by atoms with E-state index in [1.54, 1.807) is 18.3 Å². The lowest BCUT2D eigenvalue weighted by Crippen LogP contribution is -2.33. The fourth-order valence-corrected chi connectivity index (χ4v) is 2.77. The summed E-state index contributed by atoms with van der Waals surface area (Å²) in [6.45, 7) is 1.69. The molecule has 118 valence electrons. The number of amides is 1. The van der Waals surface area contributed by atoms with Crippen LogP contribution in [0.3, 0.4) is 0 Å². The zero-order chi connectivity index (χ0) is 16.2. The van der Waals surface area contributed by atoms with E-state index in [0.717, 1.165) is 37.4 Å². The van der Waals surface area contributed by atoms with Crippen LogP contribution in [0.5, 0.6) is 0 Å². The van der Waals surface area contributed by atoms with E-state index in [-0.39, 0.29) is 0 Å². The van der Waals surface area contributed by atoms with E-state index >= 15 is 0 Å². The monoisotopic (exact) mass is 312 g/mol. The summed E-state index contributed by atoms with van der Waals surface area (Å²) in [5, 5.41) is 26.6. The molecule has 0 saturated carbocycles. The van der Waals surface area contributed by atoms with E-state index in [4.69, 9.17) is 10.4 Å². The second-order valence-electron chi connectivity index (χ2n) is 5.41. The van der Waals surface area contributed by atoms with Crippen molar-refractivity contribution < 1.29 is 9.90 Å². The molecule has 8 heteroatoms. The third-order valence-corrected chi connectivity index (χ3v) is 3.95. The van der Waals surface area contributed by atoms with Crippen molar-refractivity contribution in [1.82, 2.24) is 15.2 Å². The number of nitrogens with zero attached hydrogens (tertiary/aromatic N) is 4. The van der Waals surface area contributed by atoms with Crippen LogP contribution in [-0.4, -0.2) is 39.5 Å². The first-order valence-corrected chi connectivity index (χ1v) is 7.32. The van der Waals surface area contributed by atoms with Gasteiger partial charge in [0.1, 0.15) is 17.7 Å². The molecule has 0 bridgehead atoms. The Bertz CT molecular complexity index is 725. The van der Waals surface area contributed by atoms with Crippen molar-refractivity contribution in [3.63, 3.8) is 0 Å². The maximum absolute atomic E-state index is 10.6. The van der Waals surface area contributed by atoms with E-state index in [9.17, 15) is 4.79 Å². The van der Waals surface area contributed by atoms with Crippen LogP contribution in [0.2, 0.25) is 0 Å². The molecule has 1 saturated heterocycles. The second-order valence-corrected chi connectivity index (χ2v) is 5.41. The van der Waals surface area contributed by atoms with E-state index in [0.29, 0.717) is 17.3 Å². The molecule has 23 heavy (non-hydrogen) atoms. The minimum absolute atomic E-state index is 0.297. The predicted molar refractivity (Wildman–Crippen MR) is 83.4 cm³/mol. The Kier molecular flexibility index (Phi) is 4.10. The summed E-state index contributed by atoms with van der Waals surface area (Å²) in [6, 6.07) is 7.44. The fraction of sp³-hybridized carbons (Fsp3) is 0.333. The average Bonchev–Trinajstić information content (AvgIpc) is 3.03. The third-order valence-electron chi connectivity index (χ3n) is 3.95. The molecule has 0 aliphatic carbocycles. The summed E-state index contributed by atoms with van der Waals surface area (Å²) in [6.07, 6.45) is 2.30. The Morgan fingerprint density at radius 3 is 2.83 bits per heavy atom. The molecule has 3 heterocycles. The number of hydrogen-bond acceptors (Lipinski definition) is 5. The number of aromatic amines is 1. The molecule has 8 nitrogen and oxygen atoms in total. The van der Waals surface area contributed by atoms with Gasteiger partial charge in [-0.25, -0.2) is 9.78 Å². The molecule has 1 amide bonds. The highest BCUT2D eigenvalue weighted by atomic mass is 16.4. The summed E-state index contributed by atoms with van der Waals surface area (Å²) >= 11 is 0. The number of carbonyl (C=O) groups is 1. The Balaban J connectivity index is 1.60. The number of carboxylic acid groups (broad SMARTS) is 1. The van der Waals surface area contributed by atoms with Crippen LogP contribution in [0.1, 0.15) is 30.0 Å². The van der Waals surface area contributed by atoms with Gasteiger partial charge in [0, 0.05) is 31.3 Å². The molecule has 1 aliphatic heterocycles. The number of anilines is 2. The largest absolute Gasteiger partial charge is 0.465 e. The topological polar surface area (TPSA) is 118 Å². The predicted octanol–water partition coefficient (Wildman–Crippen LogP) is 2.15. The van der Waals surface area contributed by atoms with Gasteiger partial charge in [0.2, 0.25) is 0 Å². The summed E-state index contributed by atoms with van der Waals surface area (Å²) in [5.41, 5.74) is 1.43. The summed E-state index contributed by atoms with van der Waals surface area (Å²) in [7, 11) is 0. The van der Waals surface area contributed by atoms with Crippen molar-refractivity contribution in [1.29, 1.82) is 5.26 Å². The molecule has 0 radical (unpaired) electrons. The number of H-pyrrole nitrogens is 1. The van der Waals surface area contributed by atoms with Crippen molar-refractivity contribution in [3.8, 4) is 6.07 Å². The number of pyridine rings is 1. The number of rotatable bonds is 3. The standard InChI is InChI=1S/C15H16N6O2/c16-8-10-1-2-14(17-9-10)21-5-3-11(4-6-21)12-7-13(20-19-12)18-15(22)23/h1-2,7,9,11H,3-6H2,(H,22,23)(H2,18,19,20). The molecule has 0 unspecified atom stereocenters. The van der Waals surface area contributed by atoms with Gasteiger partial charge in [-0.15, -0.1) is 0 Å². The van der Waals surface area contributed by atoms with Gasteiger partial charge in [0.25, 0.3) is 0 Å². The highest BCUT2D eigenvalue weighted by molar-refractivity contribution is 5.81. The lowest BCUT2D eigenvalue weighted by atomic mass is 9.93. The molecular formula is C15H16N6O2. The van der Waals surface area contributed by atoms with Crippen LogP contribution in [0, 0.1) is 11.3 Å². The Morgan fingerprint density at radius 1 is 1.43 bits per heavy atom. The van der Waals surface area contributed by atoms with Gasteiger partial charge < -0.3 is 10.0 Å². The average molecular weight is 312 g/mol. The molecule has 0 spiro atoms. The van der Waals surface area contributed by atoms with Crippen molar-refractivity contribution in [2.75, 3.05) is 23.3 Å². The van der Waals surface area contributed by atoms with Crippen molar-refractivity contribution in [2.45, 2.75) is 18.8 Å². The van der Waals surface area contributed by atoms with Gasteiger partial charge in [0.15, 0.2) is 0 Å². The number of nitrogens with one attached hydrogen (secondary N) is 2. The Hall–Kier alpha value is -3.08. The first-order valence-electron chi connectivity index (χ1n) is 7.32. The zero-order valence-corrected chi connectivity index (χ0v) is 12.4. The molecule has 1 aliphatic rings. The molecule has 3 N–H and O–H groups in total. The molecule has 2 aromatic heterocycles. The van der Waals surface area contributed by atoms with Gasteiger partial charge >= 0.3 is 6.09 Å². The molecule has 2 aromatic rings. The number of piperidine rings is 1. The van der Waals surface area contributed by atoms with Gasteiger partial charge in [-0.3, -0.25) is 10.4 Å². The molecule has 0 aromatic carbocycles. The smallest absolute Gasteiger partial charge is 0.410 e. The fourth-order valence-electron chi connectivity index (χ4n) is 2.77. The number of aromatic nitrogens is 3. The summed E-state index contributed by atoms with van der Waals surface area (Å²) in [4.78, 5) is 17.1. The van der Waals surface area contributed by atoms with Gasteiger partial charge in [-0.1, -0.05) is 0 Å². The summed E-state index contributed by atoms with van der Waals surface area (Å²) < 4.78 is 0. The van der Waals surface area contributed by atoms with Crippen LogP contribution in [0.4, 0.5) is 16.4 Å². The highest BCUT2D eigenvalue weighted by Crippen LogP contribution is 2.29. The van der Waals surface area contributed by atoms with Crippen molar-refractivity contribution in [3.05, 3.63) is 35.7 Å². The van der Waals surface area contributed by atoms with Crippen LogP contribution in [-0.2, 0) is 0 Å². The quantitative estimate of drug-likeness (QED) is 0.799. The Morgan fingerprint density at radius 2 is 2.22 bits per heavy atom. The minimum atomic E-state index is -1.11. The van der Waals surface area contributed by atoms with E-state index in [1.807, 2.05) is 6.07 Å². The molecule has 1 fully saturated rings. The lowest BCUT2D eigenvalue weighted by molar-refractivity contribution is 0.209. The van der Waals surface area contributed by atoms with E-state index in [2.05, 4.69) is 31.5 Å². The number of nitriles is 1. The summed E-state index contributed by atoms with van der Waals surface area (Å²) in [5.74, 6) is 1.56. The molecule has 0 atom stereocenters. The van der Waals surface area contributed by atoms with Crippen LogP contribution in [0.15, 0.2) is 24.4 Å². The number of hydrogen-bond donors (Lipinski definition) is 3. The molecule has 3 rings (SSSR count). The van der Waals surface area contributed by atoms with E-state index in [1.165, 1.54) is 0 Å². The van der Waals surface area contributed by atoms with Crippen LogP contribution < -0.4 is 10.2 Å². The third kappa shape index (κ3) is 3.40. The van der Waals surface area contributed by atoms with Crippen LogP contribution >= 0.6 is 0 Å². The zero-order valence-electron chi connectivity index (χ0n) is 12.4. The maximum atomic E-state index is 10.6. The van der Waals surface area contributed by atoms with Crippen LogP contribution in [0.25, 0.3) is 0 Å². The minimum Gasteiger partial charge on any atom is -0.465 e.